The first-order valence-electron chi connectivity index (χ1n) is 4.57. The van der Waals surface area contributed by atoms with Crippen LogP contribution in [-0.2, 0) is 13.6 Å². The van der Waals surface area contributed by atoms with Gasteiger partial charge in [0.2, 0.25) is 0 Å². The molecule has 0 amide bonds. The predicted molar refractivity (Wildman–Crippen MR) is 60.2 cm³/mol. The molecule has 2 N–H and O–H groups in total. The molecule has 7 heteroatoms. The maximum absolute atomic E-state index is 11.7. The van der Waals surface area contributed by atoms with Gasteiger partial charge in [-0.3, -0.25) is 14.0 Å². The fraction of sp³-hybridized carbons (Fsp3) is 0.222. The number of nitrogens with two attached hydrogens (primary N) is 1. The van der Waals surface area contributed by atoms with Crippen LogP contribution in [0.1, 0.15) is 5.69 Å². The van der Waals surface area contributed by atoms with Gasteiger partial charge in [0.05, 0.1) is 18.6 Å². The van der Waals surface area contributed by atoms with Crippen molar-refractivity contribution in [3.8, 4) is 0 Å². The van der Waals surface area contributed by atoms with Crippen molar-refractivity contribution in [3.05, 3.63) is 39.8 Å². The van der Waals surface area contributed by atoms with Crippen molar-refractivity contribution in [2.75, 3.05) is 5.73 Å². The zero-order chi connectivity index (χ0) is 11.7. The first kappa shape index (κ1) is 10.7. The number of nitrogen functional groups attached to an aromatic ring is 1. The van der Waals surface area contributed by atoms with Crippen LogP contribution in [-0.4, -0.2) is 19.3 Å². The summed E-state index contributed by atoms with van der Waals surface area (Å²) >= 11 is 5.62. The highest BCUT2D eigenvalue weighted by atomic mass is 35.5. The highest BCUT2D eigenvalue weighted by Gasteiger charge is 2.07. The molecule has 2 aromatic rings. The molecule has 6 nitrogen and oxygen atoms in total. The molecule has 0 aliphatic rings. The Kier molecular flexibility index (Phi) is 2.66. The largest absolute Gasteiger partial charge is 0.392 e. The minimum Gasteiger partial charge on any atom is -0.392 e. The summed E-state index contributed by atoms with van der Waals surface area (Å²) in [6, 6.07) is 1.82. The van der Waals surface area contributed by atoms with Crippen molar-refractivity contribution in [3.63, 3.8) is 0 Å². The third kappa shape index (κ3) is 1.92. The predicted octanol–water partition coefficient (Wildman–Crippen LogP) is 0.261. The maximum atomic E-state index is 11.7. The number of anilines is 1. The SMILES string of the molecule is Cn1ccc(Cn2cnc(Cl)c(N)c2=O)n1. The molecule has 0 unspecified atom stereocenters. The molecule has 0 saturated heterocycles. The van der Waals surface area contributed by atoms with E-state index in [2.05, 4.69) is 10.1 Å². The molecule has 0 aliphatic carbocycles. The van der Waals surface area contributed by atoms with Gasteiger partial charge in [-0.15, -0.1) is 0 Å². The lowest BCUT2D eigenvalue weighted by Gasteiger charge is -2.04. The Morgan fingerprint density at radius 3 is 2.94 bits per heavy atom. The van der Waals surface area contributed by atoms with Crippen molar-refractivity contribution in [2.24, 2.45) is 7.05 Å². The highest BCUT2D eigenvalue weighted by Crippen LogP contribution is 2.08. The van der Waals surface area contributed by atoms with Gasteiger partial charge >= 0.3 is 0 Å². The molecule has 2 heterocycles. The van der Waals surface area contributed by atoms with E-state index in [0.717, 1.165) is 5.69 Å². The van der Waals surface area contributed by atoms with Gasteiger partial charge in [-0.1, -0.05) is 11.6 Å². The molecule has 0 saturated carbocycles. The van der Waals surface area contributed by atoms with E-state index in [9.17, 15) is 4.79 Å². The molecule has 0 atom stereocenters. The minimum atomic E-state index is -0.356. The number of aryl methyl sites for hydroxylation is 1. The highest BCUT2D eigenvalue weighted by molar-refractivity contribution is 6.31. The number of aromatic nitrogens is 4. The summed E-state index contributed by atoms with van der Waals surface area (Å²) in [5, 5.41) is 4.18. The smallest absolute Gasteiger partial charge is 0.278 e. The summed E-state index contributed by atoms with van der Waals surface area (Å²) in [6.45, 7) is 0.327. The monoisotopic (exact) mass is 239 g/mol. The van der Waals surface area contributed by atoms with Crippen LogP contribution < -0.4 is 11.3 Å². The number of rotatable bonds is 2. The van der Waals surface area contributed by atoms with Crippen LogP contribution in [0.15, 0.2) is 23.4 Å². The normalized spacial score (nSPS) is 10.6. The van der Waals surface area contributed by atoms with E-state index in [1.165, 1.54) is 10.9 Å². The van der Waals surface area contributed by atoms with Gasteiger partial charge in [0.1, 0.15) is 5.69 Å². The lowest BCUT2D eigenvalue weighted by atomic mass is 10.4. The lowest BCUT2D eigenvalue weighted by Crippen LogP contribution is -2.24. The van der Waals surface area contributed by atoms with Crippen LogP contribution in [0.25, 0.3) is 0 Å². The molecule has 16 heavy (non-hydrogen) atoms. The van der Waals surface area contributed by atoms with Crippen LogP contribution in [0.4, 0.5) is 5.69 Å². The van der Waals surface area contributed by atoms with E-state index in [1.54, 1.807) is 17.9 Å². The van der Waals surface area contributed by atoms with Gasteiger partial charge in [-0.25, -0.2) is 4.98 Å². The molecule has 2 aromatic heterocycles. The van der Waals surface area contributed by atoms with Crippen LogP contribution in [0.3, 0.4) is 0 Å². The second-order valence-corrected chi connectivity index (χ2v) is 3.72. The average Bonchev–Trinajstić information content (AvgIpc) is 2.65. The maximum Gasteiger partial charge on any atom is 0.278 e. The average molecular weight is 240 g/mol. The lowest BCUT2D eigenvalue weighted by molar-refractivity contribution is 0.683. The van der Waals surface area contributed by atoms with Gasteiger partial charge in [0.25, 0.3) is 5.56 Å². The molecular weight excluding hydrogens is 230 g/mol. The molecular formula is C9H10ClN5O. The van der Waals surface area contributed by atoms with Crippen LogP contribution >= 0.6 is 11.6 Å². The van der Waals surface area contributed by atoms with E-state index in [0.29, 0.717) is 6.54 Å². The van der Waals surface area contributed by atoms with Gasteiger partial charge in [0, 0.05) is 13.2 Å². The van der Waals surface area contributed by atoms with Crippen molar-refractivity contribution >= 4 is 17.3 Å². The third-order valence-electron chi connectivity index (χ3n) is 2.13. The zero-order valence-electron chi connectivity index (χ0n) is 8.59. The molecule has 0 aliphatic heterocycles. The summed E-state index contributed by atoms with van der Waals surface area (Å²) in [4.78, 5) is 15.5. The van der Waals surface area contributed by atoms with Crippen molar-refractivity contribution in [1.29, 1.82) is 0 Å². The van der Waals surface area contributed by atoms with Gasteiger partial charge in [0.15, 0.2) is 5.15 Å². The molecule has 2 rings (SSSR count). The van der Waals surface area contributed by atoms with E-state index in [4.69, 9.17) is 17.3 Å². The molecule has 0 bridgehead atoms. The van der Waals surface area contributed by atoms with Gasteiger partial charge in [-0.2, -0.15) is 5.10 Å². The Labute approximate surface area is 96.3 Å². The first-order chi connectivity index (χ1) is 7.58. The van der Waals surface area contributed by atoms with E-state index >= 15 is 0 Å². The van der Waals surface area contributed by atoms with E-state index in [-0.39, 0.29) is 16.4 Å². The Bertz CT molecular complexity index is 574. The Hall–Kier alpha value is -1.82. The number of halogens is 1. The summed E-state index contributed by atoms with van der Waals surface area (Å²) in [5.41, 5.74) is 5.85. The van der Waals surface area contributed by atoms with Crippen LogP contribution in [0.5, 0.6) is 0 Å². The fourth-order valence-corrected chi connectivity index (χ4v) is 1.44. The Morgan fingerprint density at radius 2 is 2.31 bits per heavy atom. The quantitative estimate of drug-likeness (QED) is 0.763. The van der Waals surface area contributed by atoms with Crippen LogP contribution in [0, 0.1) is 0 Å². The van der Waals surface area contributed by atoms with E-state index < -0.39 is 0 Å². The summed E-state index contributed by atoms with van der Waals surface area (Å²) in [5.74, 6) is 0. The van der Waals surface area contributed by atoms with Gasteiger partial charge in [-0.05, 0) is 6.07 Å². The molecule has 0 spiro atoms. The fourth-order valence-electron chi connectivity index (χ4n) is 1.32. The topological polar surface area (TPSA) is 78.7 Å². The first-order valence-corrected chi connectivity index (χ1v) is 4.94. The molecule has 0 fully saturated rings. The number of hydrogen-bond donors (Lipinski definition) is 1. The van der Waals surface area contributed by atoms with Gasteiger partial charge < -0.3 is 5.73 Å². The van der Waals surface area contributed by atoms with Crippen molar-refractivity contribution in [2.45, 2.75) is 6.54 Å². The van der Waals surface area contributed by atoms with Crippen molar-refractivity contribution < 1.29 is 0 Å². The molecule has 0 radical (unpaired) electrons. The third-order valence-corrected chi connectivity index (χ3v) is 2.43. The summed E-state index contributed by atoms with van der Waals surface area (Å²) in [6.07, 6.45) is 3.16. The number of nitrogens with zero attached hydrogens (tertiary/aromatic N) is 4. The minimum absolute atomic E-state index is 0.0299. The van der Waals surface area contributed by atoms with E-state index in [1.807, 2.05) is 6.07 Å². The molecule has 0 aromatic carbocycles. The second kappa shape index (κ2) is 3.97. The second-order valence-electron chi connectivity index (χ2n) is 3.36. The van der Waals surface area contributed by atoms with Crippen LogP contribution in [0.2, 0.25) is 5.15 Å². The van der Waals surface area contributed by atoms with Crippen molar-refractivity contribution in [1.82, 2.24) is 19.3 Å². The summed E-state index contributed by atoms with van der Waals surface area (Å²) in [7, 11) is 1.81. The molecule has 84 valence electrons. The summed E-state index contributed by atoms with van der Waals surface area (Å²) < 4.78 is 3.02. The standard InChI is InChI=1S/C9H10ClN5O/c1-14-3-2-6(13-14)4-15-5-12-8(10)7(11)9(15)16/h2-3,5H,4,11H2,1H3. The zero-order valence-corrected chi connectivity index (χ0v) is 9.35. The Balaban J connectivity index is 2.36. The number of hydrogen-bond acceptors (Lipinski definition) is 4. The Morgan fingerprint density at radius 1 is 1.56 bits per heavy atom.